The second-order valence-corrected chi connectivity index (χ2v) is 7.21. The van der Waals surface area contributed by atoms with Crippen LogP contribution in [0.4, 0.5) is 0 Å². The van der Waals surface area contributed by atoms with Crippen molar-refractivity contribution in [3.63, 3.8) is 0 Å². The normalized spacial score (nSPS) is 39.2. The van der Waals surface area contributed by atoms with Crippen molar-refractivity contribution in [2.45, 2.75) is 71.9 Å². The van der Waals surface area contributed by atoms with Gasteiger partial charge in [-0.3, -0.25) is 0 Å². The van der Waals surface area contributed by atoms with Crippen molar-refractivity contribution in [1.82, 2.24) is 5.32 Å². The first kappa shape index (κ1) is 14.3. The van der Waals surface area contributed by atoms with E-state index < -0.39 is 0 Å². The van der Waals surface area contributed by atoms with Crippen molar-refractivity contribution < 1.29 is 4.74 Å². The summed E-state index contributed by atoms with van der Waals surface area (Å²) < 4.78 is 6.32. The summed E-state index contributed by atoms with van der Waals surface area (Å²) in [5.74, 6) is 0.881. The molecule has 0 radical (unpaired) electrons. The Morgan fingerprint density at radius 2 is 2.06 bits per heavy atom. The Morgan fingerprint density at radius 1 is 1.33 bits per heavy atom. The summed E-state index contributed by atoms with van der Waals surface area (Å²) >= 11 is 0. The lowest BCUT2D eigenvalue weighted by atomic mass is 9.70. The summed E-state index contributed by atoms with van der Waals surface area (Å²) in [6.45, 7) is 10.5. The van der Waals surface area contributed by atoms with E-state index in [-0.39, 0.29) is 0 Å². The van der Waals surface area contributed by atoms with E-state index in [0.29, 0.717) is 23.0 Å². The van der Waals surface area contributed by atoms with Crippen molar-refractivity contribution in [3.8, 4) is 0 Å². The molecule has 2 aliphatic rings. The van der Waals surface area contributed by atoms with Gasteiger partial charge in [-0.05, 0) is 49.5 Å². The largest absolute Gasteiger partial charge is 0.376 e. The third-order valence-corrected chi connectivity index (χ3v) is 6.26. The lowest BCUT2D eigenvalue weighted by Gasteiger charge is -2.39. The number of ether oxygens (including phenoxy) is 1. The molecule has 0 saturated heterocycles. The van der Waals surface area contributed by atoms with E-state index in [2.05, 4.69) is 40.1 Å². The van der Waals surface area contributed by atoms with Crippen LogP contribution in [-0.2, 0) is 4.74 Å². The highest BCUT2D eigenvalue weighted by Gasteiger charge is 2.61. The first-order valence-corrected chi connectivity index (χ1v) is 7.74. The van der Waals surface area contributed by atoms with Gasteiger partial charge in [-0.2, -0.15) is 0 Å². The van der Waals surface area contributed by atoms with E-state index in [1.54, 1.807) is 0 Å². The molecule has 2 saturated carbocycles. The molecule has 0 aliphatic heterocycles. The molecule has 0 aromatic heterocycles. The van der Waals surface area contributed by atoms with Crippen molar-refractivity contribution in [2.24, 2.45) is 16.7 Å². The van der Waals surface area contributed by atoms with Gasteiger partial charge in [0.2, 0.25) is 0 Å². The first-order chi connectivity index (χ1) is 8.45. The maximum Gasteiger partial charge on any atom is 0.0637 e. The van der Waals surface area contributed by atoms with Gasteiger partial charge in [0, 0.05) is 6.04 Å². The molecular weight excluding hydrogens is 222 g/mol. The van der Waals surface area contributed by atoms with Crippen LogP contribution in [0.1, 0.15) is 59.8 Å². The standard InChI is InChI=1S/C16H31NO/c1-6-7-13(17-5)11-18-14-10-12-8-9-16(14,4)15(12,2)3/h12-14,17H,6-11H2,1-5H3. The van der Waals surface area contributed by atoms with Gasteiger partial charge in [-0.1, -0.05) is 34.1 Å². The molecule has 4 unspecified atom stereocenters. The minimum Gasteiger partial charge on any atom is -0.376 e. The zero-order valence-electron chi connectivity index (χ0n) is 12.9. The Kier molecular flexibility index (Phi) is 4.08. The molecule has 0 heterocycles. The summed E-state index contributed by atoms with van der Waals surface area (Å²) in [6, 6.07) is 0.529. The van der Waals surface area contributed by atoms with Crippen LogP contribution in [-0.4, -0.2) is 25.8 Å². The van der Waals surface area contributed by atoms with Gasteiger partial charge in [0.1, 0.15) is 0 Å². The fraction of sp³-hybridized carbons (Fsp3) is 1.00. The number of fused-ring (bicyclic) bond motifs is 2. The van der Waals surface area contributed by atoms with Crippen molar-refractivity contribution in [2.75, 3.05) is 13.7 Å². The molecule has 2 nitrogen and oxygen atoms in total. The van der Waals surface area contributed by atoms with E-state index in [9.17, 15) is 0 Å². The summed E-state index contributed by atoms with van der Waals surface area (Å²) in [4.78, 5) is 0. The zero-order chi connectivity index (χ0) is 13.4. The van der Waals surface area contributed by atoms with Crippen molar-refractivity contribution >= 4 is 0 Å². The third kappa shape index (κ3) is 2.12. The zero-order valence-corrected chi connectivity index (χ0v) is 12.9. The van der Waals surface area contributed by atoms with Crippen LogP contribution in [0.5, 0.6) is 0 Å². The minimum atomic E-state index is 0.405. The summed E-state index contributed by atoms with van der Waals surface area (Å²) in [5, 5.41) is 3.38. The van der Waals surface area contributed by atoms with Crippen LogP contribution < -0.4 is 5.32 Å². The van der Waals surface area contributed by atoms with Crippen LogP contribution in [0, 0.1) is 16.7 Å². The Labute approximate surface area is 113 Å². The molecule has 2 heteroatoms. The predicted octanol–water partition coefficient (Wildman–Crippen LogP) is 3.61. The Hall–Kier alpha value is -0.0800. The molecule has 106 valence electrons. The van der Waals surface area contributed by atoms with Gasteiger partial charge in [0.25, 0.3) is 0 Å². The quantitative estimate of drug-likeness (QED) is 0.781. The summed E-state index contributed by atoms with van der Waals surface area (Å²) in [6.07, 6.45) is 6.98. The van der Waals surface area contributed by atoms with Gasteiger partial charge in [-0.25, -0.2) is 0 Å². The lowest BCUT2D eigenvalue weighted by Crippen LogP contribution is -2.40. The minimum absolute atomic E-state index is 0.405. The number of nitrogens with one attached hydrogen (secondary N) is 1. The molecule has 0 amide bonds. The highest BCUT2D eigenvalue weighted by molar-refractivity contribution is 5.11. The predicted molar refractivity (Wildman–Crippen MR) is 76.7 cm³/mol. The molecule has 2 bridgehead atoms. The van der Waals surface area contributed by atoms with Crippen molar-refractivity contribution in [3.05, 3.63) is 0 Å². The van der Waals surface area contributed by atoms with E-state index in [1.165, 1.54) is 32.1 Å². The molecule has 18 heavy (non-hydrogen) atoms. The Morgan fingerprint density at radius 3 is 2.50 bits per heavy atom. The number of hydrogen-bond donors (Lipinski definition) is 1. The second kappa shape index (κ2) is 5.13. The van der Waals surface area contributed by atoms with E-state index in [4.69, 9.17) is 4.74 Å². The smallest absolute Gasteiger partial charge is 0.0637 e. The maximum atomic E-state index is 6.32. The fourth-order valence-corrected chi connectivity index (χ4v) is 4.27. The number of rotatable bonds is 6. The second-order valence-electron chi connectivity index (χ2n) is 7.21. The molecule has 0 aromatic carbocycles. The molecular formula is C16H31NO. The summed E-state index contributed by atoms with van der Waals surface area (Å²) in [7, 11) is 2.05. The highest BCUT2D eigenvalue weighted by Crippen LogP contribution is 2.66. The average molecular weight is 253 g/mol. The van der Waals surface area contributed by atoms with Gasteiger partial charge in [0.05, 0.1) is 12.7 Å². The molecule has 4 atom stereocenters. The van der Waals surface area contributed by atoms with E-state index in [0.717, 1.165) is 12.5 Å². The van der Waals surface area contributed by atoms with Crippen LogP contribution >= 0.6 is 0 Å². The highest BCUT2D eigenvalue weighted by atomic mass is 16.5. The fourth-order valence-electron chi connectivity index (χ4n) is 4.27. The van der Waals surface area contributed by atoms with Gasteiger partial charge in [0.15, 0.2) is 0 Å². The SMILES string of the molecule is CCCC(COC1CC2CCC1(C)C2(C)C)NC. The molecule has 0 aromatic rings. The molecule has 1 N–H and O–H groups in total. The Balaban J connectivity index is 1.92. The molecule has 2 aliphatic carbocycles. The van der Waals surface area contributed by atoms with Crippen LogP contribution in [0.2, 0.25) is 0 Å². The molecule has 2 fully saturated rings. The van der Waals surface area contributed by atoms with Crippen LogP contribution in [0.3, 0.4) is 0 Å². The Bertz CT molecular complexity index is 289. The monoisotopic (exact) mass is 253 g/mol. The van der Waals surface area contributed by atoms with Gasteiger partial charge >= 0.3 is 0 Å². The topological polar surface area (TPSA) is 21.3 Å². The van der Waals surface area contributed by atoms with E-state index >= 15 is 0 Å². The van der Waals surface area contributed by atoms with E-state index in [1.807, 2.05) is 0 Å². The third-order valence-electron chi connectivity index (χ3n) is 6.26. The summed E-state index contributed by atoms with van der Waals surface area (Å²) in [5.41, 5.74) is 0.875. The molecule has 2 rings (SSSR count). The van der Waals surface area contributed by atoms with Crippen LogP contribution in [0.25, 0.3) is 0 Å². The molecule has 0 spiro atoms. The number of hydrogen-bond acceptors (Lipinski definition) is 2. The maximum absolute atomic E-state index is 6.32. The van der Waals surface area contributed by atoms with Gasteiger partial charge in [-0.15, -0.1) is 0 Å². The average Bonchev–Trinajstić information content (AvgIpc) is 2.67. The van der Waals surface area contributed by atoms with Crippen molar-refractivity contribution in [1.29, 1.82) is 0 Å². The first-order valence-electron chi connectivity index (χ1n) is 7.74. The number of likely N-dealkylation sites (N-methyl/N-ethyl adjacent to an activating group) is 1. The van der Waals surface area contributed by atoms with Gasteiger partial charge < -0.3 is 10.1 Å². The van der Waals surface area contributed by atoms with Crippen LogP contribution in [0.15, 0.2) is 0 Å². The lowest BCUT2D eigenvalue weighted by molar-refractivity contribution is -0.0535.